The molecule has 5 nitrogen and oxygen atoms in total. The van der Waals surface area contributed by atoms with Gasteiger partial charge in [0.15, 0.2) is 29.2 Å². The maximum Gasteiger partial charge on any atom is 0.231 e. The van der Waals surface area contributed by atoms with Gasteiger partial charge in [0.05, 0.1) is 16.2 Å². The van der Waals surface area contributed by atoms with E-state index in [0.29, 0.717) is 0 Å². The number of benzene rings is 3. The Bertz CT molecular complexity index is 1230. The molecule has 0 radical (unpaired) electrons. The molecule has 0 atom stereocenters. The summed E-state index contributed by atoms with van der Waals surface area (Å²) < 4.78 is 24.4. The maximum absolute atomic E-state index is 5.69. The predicted octanol–water partition coefficient (Wildman–Crippen LogP) is 0.854. The number of ether oxygens (including phenoxy) is 4. The summed E-state index contributed by atoms with van der Waals surface area (Å²) in [5.74, 6) is 3.22. The molecule has 0 bridgehead atoms. The molecule has 0 unspecified atom stereocenters. The van der Waals surface area contributed by atoms with Crippen LogP contribution in [0.1, 0.15) is 0 Å². The molecule has 2 aliphatic rings. The average molecular weight is 404 g/mol. The van der Waals surface area contributed by atoms with Crippen LogP contribution < -0.4 is 35.9 Å². The highest BCUT2D eigenvalue weighted by Crippen LogP contribution is 2.42. The van der Waals surface area contributed by atoms with Crippen LogP contribution in [-0.2, 0) is 7.05 Å². The first-order valence-electron chi connectivity index (χ1n) is 8.16. The minimum absolute atomic E-state index is 0. The molecule has 3 heterocycles. The van der Waals surface area contributed by atoms with Gasteiger partial charge >= 0.3 is 0 Å². The number of nitrogens with zero attached hydrogens (tertiary/aromatic N) is 1. The largest absolute Gasteiger partial charge is 1.00 e. The maximum atomic E-state index is 5.69. The highest BCUT2D eigenvalue weighted by Gasteiger charge is 2.24. The number of aryl methyl sites for hydroxylation is 1. The second kappa shape index (κ2) is 6.22. The third-order valence-electron chi connectivity index (χ3n) is 5.03. The van der Waals surface area contributed by atoms with E-state index in [0.717, 1.165) is 50.1 Å². The highest BCUT2D eigenvalue weighted by molar-refractivity contribution is 6.15. The Balaban J connectivity index is 0.000000900. The number of rotatable bonds is 0. The minimum atomic E-state index is 0. The lowest BCUT2D eigenvalue weighted by Crippen LogP contribution is -3.00. The fourth-order valence-corrected chi connectivity index (χ4v) is 3.91. The monoisotopic (exact) mass is 403 g/mol. The van der Waals surface area contributed by atoms with Gasteiger partial charge in [-0.15, -0.1) is 12.4 Å². The summed E-state index contributed by atoms with van der Waals surface area (Å²) in [7, 11) is 2.06. The molecule has 0 amide bonds. The van der Waals surface area contributed by atoms with Crippen LogP contribution >= 0.6 is 12.4 Å². The van der Waals surface area contributed by atoms with E-state index >= 15 is 0 Å². The van der Waals surface area contributed by atoms with Gasteiger partial charge in [0.2, 0.25) is 19.1 Å². The van der Waals surface area contributed by atoms with E-state index in [2.05, 4.69) is 42.1 Å². The van der Waals surface area contributed by atoms with Crippen molar-refractivity contribution in [2.45, 2.75) is 0 Å². The first-order valence-corrected chi connectivity index (χ1v) is 8.16. The number of fused-ring (bicyclic) bond motifs is 8. The van der Waals surface area contributed by atoms with Gasteiger partial charge < -0.3 is 31.4 Å². The van der Waals surface area contributed by atoms with Gasteiger partial charge in [-0.1, -0.05) is 6.07 Å². The first kappa shape index (κ1) is 17.8. The number of pyridine rings is 1. The number of hydrogen-bond acceptors (Lipinski definition) is 4. The lowest BCUT2D eigenvalue weighted by Gasteiger charge is -2.08. The predicted molar refractivity (Wildman–Crippen MR) is 99.6 cm³/mol. The zero-order valence-corrected chi connectivity index (χ0v) is 15.9. The summed E-state index contributed by atoms with van der Waals surface area (Å²) in [6.45, 7) is 0.555. The minimum Gasteiger partial charge on any atom is -1.00 e. The molecule has 0 saturated carbocycles. The van der Waals surface area contributed by atoms with E-state index in [-0.39, 0.29) is 38.4 Å². The normalized spacial score (nSPS) is 13.7. The second-order valence-electron chi connectivity index (χ2n) is 6.39. The van der Waals surface area contributed by atoms with Crippen LogP contribution in [0.4, 0.5) is 0 Å². The van der Waals surface area contributed by atoms with Crippen molar-refractivity contribution >= 4 is 44.9 Å². The molecule has 4 aromatic rings. The Morgan fingerprint density at radius 3 is 2.30 bits per heavy atom. The van der Waals surface area contributed by atoms with Crippen molar-refractivity contribution in [3.8, 4) is 23.0 Å². The molecule has 0 saturated heterocycles. The van der Waals surface area contributed by atoms with Crippen LogP contribution in [0, 0.1) is 0 Å². The van der Waals surface area contributed by atoms with Gasteiger partial charge in [-0.2, -0.15) is 4.57 Å². The lowest BCUT2D eigenvalue weighted by atomic mass is 10.00. The van der Waals surface area contributed by atoms with Crippen LogP contribution in [0.3, 0.4) is 0 Å². The average Bonchev–Trinajstić information content (AvgIpc) is 3.28. The van der Waals surface area contributed by atoms with E-state index in [1.54, 1.807) is 0 Å². The van der Waals surface area contributed by atoms with Crippen LogP contribution in [0.15, 0.2) is 42.6 Å². The number of hydrogen-bond donors (Lipinski definition) is 0. The molecule has 7 heteroatoms. The Kier molecular flexibility index (Phi) is 4.09. The van der Waals surface area contributed by atoms with Gasteiger partial charge in [0.1, 0.15) is 7.05 Å². The van der Waals surface area contributed by atoms with Gasteiger partial charge in [-0.25, -0.2) is 0 Å². The third kappa shape index (κ3) is 2.35. The second-order valence-corrected chi connectivity index (χ2v) is 6.39. The van der Waals surface area contributed by atoms with Crippen molar-refractivity contribution < 1.29 is 35.9 Å². The molecule has 0 fully saturated rings. The molecule has 0 spiro atoms. The van der Waals surface area contributed by atoms with Crippen molar-refractivity contribution in [1.29, 1.82) is 0 Å². The van der Waals surface area contributed by atoms with Crippen molar-refractivity contribution in [3.63, 3.8) is 0 Å². The molecule has 0 aliphatic carbocycles. The van der Waals surface area contributed by atoms with E-state index in [9.17, 15) is 0 Å². The Morgan fingerprint density at radius 1 is 0.741 bits per heavy atom. The van der Waals surface area contributed by atoms with Crippen LogP contribution in [0.5, 0.6) is 23.0 Å². The fraction of sp³-hybridized carbons (Fsp3) is 0.150. The highest BCUT2D eigenvalue weighted by atomic mass is 35.5. The van der Waals surface area contributed by atoms with Gasteiger partial charge in [0, 0.05) is 5.39 Å². The Morgan fingerprint density at radius 2 is 1.44 bits per heavy atom. The topological polar surface area (TPSA) is 40.8 Å². The summed E-state index contributed by atoms with van der Waals surface area (Å²) in [6.07, 6.45) is 2.11. The van der Waals surface area contributed by atoms with E-state index in [1.165, 1.54) is 5.39 Å². The van der Waals surface area contributed by atoms with Gasteiger partial charge in [-0.05, 0) is 35.7 Å². The van der Waals surface area contributed by atoms with Crippen molar-refractivity contribution in [2.75, 3.05) is 13.6 Å². The fourth-order valence-electron chi connectivity index (χ4n) is 3.91. The molecule has 2 aliphatic heterocycles. The smallest absolute Gasteiger partial charge is 0.231 e. The summed E-state index contributed by atoms with van der Waals surface area (Å²) in [5.41, 5.74) is 1.15. The Hall–Kier alpha value is -2.63. The van der Waals surface area contributed by atoms with Crippen molar-refractivity contribution in [3.05, 3.63) is 42.6 Å². The first-order chi connectivity index (χ1) is 12.3. The van der Waals surface area contributed by atoms with Crippen molar-refractivity contribution in [1.82, 2.24) is 0 Å². The van der Waals surface area contributed by atoms with E-state index < -0.39 is 0 Å². The van der Waals surface area contributed by atoms with E-state index in [4.69, 9.17) is 18.9 Å². The summed E-state index contributed by atoms with van der Waals surface area (Å²) >= 11 is 0. The summed E-state index contributed by atoms with van der Waals surface area (Å²) in [6, 6.07) is 12.5. The molecule has 27 heavy (non-hydrogen) atoms. The zero-order chi connectivity index (χ0) is 16.5. The molecule has 1 aromatic heterocycles. The molecule has 3 aromatic carbocycles. The standard InChI is InChI=1S/C20H14NO4.2ClH/c1-21-8-15-12(4-5-16-20(15)25-10-22-16)13-3-2-11-6-17-18(24-9-23-17)7-14(11)19(13)21;;/h2-8H,9-10H2,1H3;2*1H/q+1;;/p-1. The van der Waals surface area contributed by atoms with Crippen molar-refractivity contribution in [2.24, 2.45) is 7.05 Å². The Labute approximate surface area is 167 Å². The molecule has 6 rings (SSSR count). The SMILES string of the molecule is C[n+]1cc2c3c(ccc2c2ccc4cc5c(cc4c21)OCO5)OCO3.Cl.[Cl-]. The summed E-state index contributed by atoms with van der Waals surface area (Å²) in [5, 5.41) is 5.66. The molecule has 138 valence electrons. The third-order valence-corrected chi connectivity index (χ3v) is 5.03. The van der Waals surface area contributed by atoms with Gasteiger partial charge in [0.25, 0.3) is 0 Å². The zero-order valence-electron chi connectivity index (χ0n) is 14.3. The molecular formula is C20H15Cl2NO4. The van der Waals surface area contributed by atoms with Gasteiger partial charge in [-0.3, -0.25) is 0 Å². The number of aromatic nitrogens is 1. The quantitative estimate of drug-likeness (QED) is 0.322. The van der Waals surface area contributed by atoms with Crippen LogP contribution in [-0.4, -0.2) is 13.6 Å². The van der Waals surface area contributed by atoms with E-state index in [1.807, 2.05) is 12.1 Å². The molecular weight excluding hydrogens is 389 g/mol. The van der Waals surface area contributed by atoms with Crippen LogP contribution in [0.25, 0.3) is 32.4 Å². The lowest BCUT2D eigenvalue weighted by molar-refractivity contribution is -0.642. The number of halogens is 2. The summed E-state index contributed by atoms with van der Waals surface area (Å²) in [4.78, 5) is 0. The molecule has 0 N–H and O–H groups in total. The van der Waals surface area contributed by atoms with Crippen LogP contribution in [0.2, 0.25) is 0 Å².